The first-order valence-corrected chi connectivity index (χ1v) is 9.41. The second kappa shape index (κ2) is 6.96. The highest BCUT2D eigenvalue weighted by molar-refractivity contribution is 7.89. The largest absolute Gasteiger partial charge is 0.348 e. The molecule has 1 amide bonds. The molecule has 2 aromatic carbocycles. The van der Waals surface area contributed by atoms with Crippen LogP contribution in [0, 0.1) is 13.8 Å². The van der Waals surface area contributed by atoms with Crippen LogP contribution in [0.2, 0.25) is 0 Å². The zero-order valence-corrected chi connectivity index (χ0v) is 14.4. The fraction of sp³-hybridized carbons (Fsp3) is 0.278. The van der Waals surface area contributed by atoms with Gasteiger partial charge in [0, 0.05) is 18.4 Å². The van der Waals surface area contributed by atoms with Crippen LogP contribution in [0.25, 0.3) is 0 Å². The van der Waals surface area contributed by atoms with Crippen molar-refractivity contribution in [3.63, 3.8) is 0 Å². The minimum absolute atomic E-state index is 0.0643. The molecule has 5 heteroatoms. The number of sulfone groups is 1. The summed E-state index contributed by atoms with van der Waals surface area (Å²) in [7, 11) is -3.12. The van der Waals surface area contributed by atoms with Gasteiger partial charge in [-0.3, -0.25) is 4.79 Å². The molecule has 4 nitrogen and oxygen atoms in total. The van der Waals surface area contributed by atoms with E-state index in [1.807, 2.05) is 26.0 Å². The molecule has 0 unspecified atom stereocenters. The van der Waals surface area contributed by atoms with E-state index in [1.54, 1.807) is 24.3 Å². The van der Waals surface area contributed by atoms with E-state index in [2.05, 4.69) is 11.4 Å². The molecule has 0 saturated carbocycles. The van der Waals surface area contributed by atoms with Gasteiger partial charge in [0.05, 0.1) is 5.75 Å². The smallest absolute Gasteiger partial charge is 0.251 e. The van der Waals surface area contributed by atoms with Crippen molar-refractivity contribution in [1.29, 1.82) is 0 Å². The van der Waals surface area contributed by atoms with E-state index in [0.717, 1.165) is 11.1 Å². The second-order valence-corrected chi connectivity index (χ2v) is 8.02. The van der Waals surface area contributed by atoms with E-state index in [-0.39, 0.29) is 11.7 Å². The van der Waals surface area contributed by atoms with Crippen molar-refractivity contribution in [2.45, 2.75) is 26.1 Å². The van der Waals surface area contributed by atoms with Gasteiger partial charge in [-0.2, -0.15) is 0 Å². The van der Waals surface area contributed by atoms with Crippen LogP contribution in [0.15, 0.2) is 42.5 Å². The Labute approximate surface area is 137 Å². The predicted molar refractivity (Wildman–Crippen MR) is 92.1 cm³/mol. The molecule has 0 heterocycles. The molecule has 0 radical (unpaired) electrons. The number of nitrogens with one attached hydrogen (secondary N) is 1. The molecule has 1 N–H and O–H groups in total. The van der Waals surface area contributed by atoms with Gasteiger partial charge in [-0.15, -0.1) is 0 Å². The molecule has 0 aromatic heterocycles. The maximum Gasteiger partial charge on any atom is 0.251 e. The van der Waals surface area contributed by atoms with E-state index in [0.29, 0.717) is 17.7 Å². The minimum atomic E-state index is -3.12. The van der Waals surface area contributed by atoms with Gasteiger partial charge >= 0.3 is 0 Å². The Morgan fingerprint density at radius 1 is 1.09 bits per heavy atom. The van der Waals surface area contributed by atoms with Crippen LogP contribution in [0.4, 0.5) is 0 Å². The Kier molecular flexibility index (Phi) is 5.21. The average Bonchev–Trinajstić information content (AvgIpc) is 2.44. The summed E-state index contributed by atoms with van der Waals surface area (Å²) >= 11 is 0. The van der Waals surface area contributed by atoms with Crippen LogP contribution < -0.4 is 5.32 Å². The molecule has 0 aliphatic heterocycles. The molecular formula is C18H21NO3S. The normalized spacial score (nSPS) is 11.3. The second-order valence-electron chi connectivity index (χ2n) is 5.88. The first-order valence-electron chi connectivity index (χ1n) is 7.35. The fourth-order valence-electron chi connectivity index (χ4n) is 2.43. The number of rotatable bonds is 5. The van der Waals surface area contributed by atoms with Crippen molar-refractivity contribution in [1.82, 2.24) is 5.32 Å². The Morgan fingerprint density at radius 2 is 1.83 bits per heavy atom. The van der Waals surface area contributed by atoms with Crippen molar-refractivity contribution in [2.75, 3.05) is 6.26 Å². The molecule has 2 rings (SSSR count). The van der Waals surface area contributed by atoms with Crippen molar-refractivity contribution in [2.24, 2.45) is 0 Å². The van der Waals surface area contributed by atoms with E-state index < -0.39 is 9.84 Å². The molecule has 0 saturated heterocycles. The van der Waals surface area contributed by atoms with Gasteiger partial charge in [0.1, 0.15) is 0 Å². The maximum absolute atomic E-state index is 12.3. The number of carbonyl (C=O) groups excluding carboxylic acids is 1. The van der Waals surface area contributed by atoms with E-state index in [9.17, 15) is 13.2 Å². The Hall–Kier alpha value is -2.14. The lowest BCUT2D eigenvalue weighted by Gasteiger charge is -2.09. The van der Waals surface area contributed by atoms with Gasteiger partial charge < -0.3 is 5.32 Å². The third-order valence-electron chi connectivity index (χ3n) is 3.56. The third-order valence-corrected chi connectivity index (χ3v) is 4.41. The van der Waals surface area contributed by atoms with Gasteiger partial charge in [-0.05, 0) is 42.7 Å². The van der Waals surface area contributed by atoms with E-state index in [1.165, 1.54) is 11.8 Å². The Balaban J connectivity index is 2.07. The van der Waals surface area contributed by atoms with Crippen LogP contribution in [0.1, 0.15) is 32.6 Å². The fourth-order valence-corrected chi connectivity index (χ4v) is 3.21. The average molecular weight is 331 g/mol. The number of hydrogen-bond donors (Lipinski definition) is 1. The molecule has 0 aliphatic rings. The van der Waals surface area contributed by atoms with Crippen LogP contribution in [-0.2, 0) is 22.1 Å². The number of benzene rings is 2. The third kappa shape index (κ3) is 5.21. The summed E-state index contributed by atoms with van der Waals surface area (Å²) in [4.78, 5) is 12.3. The molecule has 0 fully saturated rings. The monoisotopic (exact) mass is 331 g/mol. The summed E-state index contributed by atoms with van der Waals surface area (Å²) < 4.78 is 22.7. The molecule has 0 spiro atoms. The number of amides is 1. The van der Waals surface area contributed by atoms with Crippen LogP contribution >= 0.6 is 0 Å². The highest BCUT2D eigenvalue weighted by Crippen LogP contribution is 2.12. The maximum atomic E-state index is 12.3. The number of hydrogen-bond acceptors (Lipinski definition) is 3. The van der Waals surface area contributed by atoms with Crippen LogP contribution in [0.3, 0.4) is 0 Å². The summed E-state index contributed by atoms with van der Waals surface area (Å²) in [6.45, 7) is 4.49. The highest BCUT2D eigenvalue weighted by Gasteiger charge is 2.10. The zero-order valence-electron chi connectivity index (χ0n) is 13.6. The van der Waals surface area contributed by atoms with Gasteiger partial charge in [-0.25, -0.2) is 8.42 Å². The molecular weight excluding hydrogens is 310 g/mol. The molecule has 0 bridgehead atoms. The van der Waals surface area contributed by atoms with E-state index >= 15 is 0 Å². The molecule has 23 heavy (non-hydrogen) atoms. The van der Waals surface area contributed by atoms with Crippen LogP contribution in [-0.4, -0.2) is 20.6 Å². The molecule has 2 aromatic rings. The lowest BCUT2D eigenvalue weighted by molar-refractivity contribution is 0.0950. The minimum Gasteiger partial charge on any atom is -0.348 e. The lowest BCUT2D eigenvalue weighted by atomic mass is 10.1. The van der Waals surface area contributed by atoms with E-state index in [4.69, 9.17) is 0 Å². The van der Waals surface area contributed by atoms with Crippen molar-refractivity contribution in [3.05, 3.63) is 70.3 Å². The predicted octanol–water partition coefficient (Wildman–Crippen LogP) is 2.78. The Bertz CT molecular complexity index is 826. The highest BCUT2D eigenvalue weighted by atomic mass is 32.2. The first-order chi connectivity index (χ1) is 10.7. The van der Waals surface area contributed by atoms with Gasteiger partial charge in [0.15, 0.2) is 9.84 Å². The topological polar surface area (TPSA) is 63.2 Å². The van der Waals surface area contributed by atoms with Crippen molar-refractivity contribution >= 4 is 15.7 Å². The van der Waals surface area contributed by atoms with Crippen LogP contribution in [0.5, 0.6) is 0 Å². The molecule has 0 atom stereocenters. The lowest BCUT2D eigenvalue weighted by Crippen LogP contribution is -2.23. The summed E-state index contributed by atoms with van der Waals surface area (Å²) in [5.41, 5.74) is 4.47. The standard InChI is InChI=1S/C18H21NO3S/c1-13-7-8-17(14(2)9-13)11-19-18(20)16-6-4-5-15(10-16)12-23(3,21)22/h4-10H,11-12H2,1-3H3,(H,19,20). The van der Waals surface area contributed by atoms with Gasteiger partial charge in [0.2, 0.25) is 0 Å². The van der Waals surface area contributed by atoms with Crippen molar-refractivity contribution < 1.29 is 13.2 Å². The SMILES string of the molecule is Cc1ccc(CNC(=O)c2cccc(CS(C)(=O)=O)c2)c(C)c1. The summed E-state index contributed by atoms with van der Waals surface area (Å²) in [6, 6.07) is 12.8. The summed E-state index contributed by atoms with van der Waals surface area (Å²) in [6.07, 6.45) is 1.18. The number of aryl methyl sites for hydroxylation is 2. The Morgan fingerprint density at radius 3 is 2.48 bits per heavy atom. The zero-order chi connectivity index (χ0) is 17.0. The number of carbonyl (C=O) groups is 1. The first kappa shape index (κ1) is 17.2. The summed E-state index contributed by atoms with van der Waals surface area (Å²) in [5, 5.41) is 2.88. The van der Waals surface area contributed by atoms with Crippen molar-refractivity contribution in [3.8, 4) is 0 Å². The quantitative estimate of drug-likeness (QED) is 0.916. The summed E-state index contributed by atoms with van der Waals surface area (Å²) in [5.74, 6) is -0.272. The van der Waals surface area contributed by atoms with Gasteiger partial charge in [-0.1, -0.05) is 35.9 Å². The molecule has 0 aliphatic carbocycles. The van der Waals surface area contributed by atoms with Gasteiger partial charge in [0.25, 0.3) is 5.91 Å². The molecule has 122 valence electrons.